The molecule has 3 atom stereocenters. The fourth-order valence-electron chi connectivity index (χ4n) is 5.79. The number of fused-ring (bicyclic) bond motifs is 3. The van der Waals surface area contributed by atoms with E-state index < -0.39 is 0 Å². The van der Waals surface area contributed by atoms with Gasteiger partial charge in [-0.25, -0.2) is 4.98 Å². The lowest BCUT2D eigenvalue weighted by atomic mass is 9.75. The summed E-state index contributed by atoms with van der Waals surface area (Å²) in [4.78, 5) is 22.1. The number of aromatic hydroxyl groups is 1. The Bertz CT molecular complexity index is 972. The van der Waals surface area contributed by atoms with Gasteiger partial charge in [-0.1, -0.05) is 6.07 Å². The number of piperidine rings is 3. The maximum absolute atomic E-state index is 13.4. The van der Waals surface area contributed by atoms with Crippen LogP contribution in [-0.4, -0.2) is 64.3 Å². The van der Waals surface area contributed by atoms with Crippen molar-refractivity contribution in [2.45, 2.75) is 30.8 Å². The molecule has 1 N–H and O–H groups in total. The molecule has 1 amide bonds. The van der Waals surface area contributed by atoms with E-state index in [4.69, 9.17) is 9.47 Å². The van der Waals surface area contributed by atoms with Crippen molar-refractivity contribution in [2.75, 3.05) is 26.4 Å². The molecule has 5 aliphatic heterocycles. The Morgan fingerprint density at radius 1 is 1.10 bits per heavy atom. The molecule has 0 radical (unpaired) electrons. The molecule has 7 heteroatoms. The molecule has 2 aromatic rings. The van der Waals surface area contributed by atoms with Crippen molar-refractivity contribution >= 4 is 5.91 Å². The summed E-state index contributed by atoms with van der Waals surface area (Å²) in [5, 5.41) is 10.2. The molecule has 150 valence electrons. The van der Waals surface area contributed by atoms with Crippen LogP contribution in [0, 0.1) is 5.92 Å². The smallest absolute Gasteiger partial charge is 0.276 e. The van der Waals surface area contributed by atoms with Crippen LogP contribution in [0.4, 0.5) is 0 Å². The van der Waals surface area contributed by atoms with E-state index in [0.717, 1.165) is 37.4 Å². The lowest BCUT2D eigenvalue weighted by Gasteiger charge is -2.51. The number of pyridine rings is 1. The summed E-state index contributed by atoms with van der Waals surface area (Å²) in [6.07, 6.45) is 3.80. The van der Waals surface area contributed by atoms with E-state index in [-0.39, 0.29) is 42.1 Å². The number of nitrogens with zero attached hydrogens (tertiary/aromatic N) is 3. The largest absolute Gasteiger partial charge is 0.505 e. The summed E-state index contributed by atoms with van der Waals surface area (Å²) >= 11 is 0. The van der Waals surface area contributed by atoms with E-state index >= 15 is 0 Å². The average Bonchev–Trinajstić information content (AvgIpc) is 3.40. The number of carbonyl (C=O) groups excluding carboxylic acids is 1. The third-order valence-corrected chi connectivity index (χ3v) is 7.07. The fraction of sp³-hybridized carbons (Fsp3) is 0.455. The first-order chi connectivity index (χ1) is 14.2. The Morgan fingerprint density at radius 3 is 2.76 bits per heavy atom. The topological polar surface area (TPSA) is 75.1 Å². The van der Waals surface area contributed by atoms with Crippen LogP contribution < -0.4 is 9.47 Å². The SMILES string of the molecule is O=C(c1ncccc1O)N1C[C@H](c2ccc3c(c2)OCO3)[C@H]2[C@@H]1C1CCN2CC1. The quantitative estimate of drug-likeness (QED) is 0.843. The normalized spacial score (nSPS) is 31.7. The minimum absolute atomic E-state index is 0.0538. The number of likely N-dealkylation sites (tertiary alicyclic amines) is 1. The predicted octanol–water partition coefficient (Wildman–Crippen LogP) is 2.22. The van der Waals surface area contributed by atoms with Crippen LogP contribution in [0.25, 0.3) is 0 Å². The molecule has 4 fully saturated rings. The highest BCUT2D eigenvalue weighted by Crippen LogP contribution is 2.48. The van der Waals surface area contributed by atoms with Gasteiger partial charge in [0.2, 0.25) is 6.79 Å². The minimum atomic E-state index is -0.171. The monoisotopic (exact) mass is 393 g/mol. The molecule has 29 heavy (non-hydrogen) atoms. The molecular formula is C22H23N3O4. The van der Waals surface area contributed by atoms with Crippen molar-refractivity contribution in [1.29, 1.82) is 0 Å². The van der Waals surface area contributed by atoms with E-state index in [1.807, 2.05) is 11.0 Å². The zero-order chi connectivity index (χ0) is 19.5. The molecule has 2 bridgehead atoms. The van der Waals surface area contributed by atoms with Crippen LogP contribution in [-0.2, 0) is 0 Å². The van der Waals surface area contributed by atoms with Gasteiger partial charge >= 0.3 is 0 Å². The molecular weight excluding hydrogens is 370 g/mol. The number of hydrogen-bond acceptors (Lipinski definition) is 6. The highest BCUT2D eigenvalue weighted by molar-refractivity contribution is 5.95. The molecule has 0 spiro atoms. The summed E-state index contributed by atoms with van der Waals surface area (Å²) in [7, 11) is 0. The maximum Gasteiger partial charge on any atom is 0.276 e. The Hall–Kier alpha value is -2.80. The highest BCUT2D eigenvalue weighted by Gasteiger charge is 2.55. The van der Waals surface area contributed by atoms with Crippen LogP contribution in [0.3, 0.4) is 0 Å². The Labute approximate surface area is 168 Å². The molecule has 0 aliphatic carbocycles. The molecule has 0 saturated carbocycles. The van der Waals surface area contributed by atoms with E-state index in [1.54, 1.807) is 12.3 Å². The van der Waals surface area contributed by atoms with Crippen molar-refractivity contribution in [3.05, 3.63) is 47.8 Å². The first-order valence-corrected chi connectivity index (χ1v) is 10.3. The zero-order valence-electron chi connectivity index (χ0n) is 16.0. The number of hydrogen-bond donors (Lipinski definition) is 1. The Balaban J connectivity index is 1.39. The van der Waals surface area contributed by atoms with Gasteiger partial charge in [0.1, 0.15) is 5.75 Å². The summed E-state index contributed by atoms with van der Waals surface area (Å²) in [6.45, 7) is 3.05. The molecule has 1 aromatic heterocycles. The van der Waals surface area contributed by atoms with Crippen LogP contribution in [0.15, 0.2) is 36.5 Å². The first kappa shape index (κ1) is 17.1. The van der Waals surface area contributed by atoms with Gasteiger partial charge in [0.15, 0.2) is 17.2 Å². The van der Waals surface area contributed by atoms with Gasteiger partial charge in [0.05, 0.1) is 6.04 Å². The number of amides is 1. The summed E-state index contributed by atoms with van der Waals surface area (Å²) in [5.41, 5.74) is 1.33. The molecule has 6 heterocycles. The number of carbonyl (C=O) groups is 1. The number of aromatic nitrogens is 1. The van der Waals surface area contributed by atoms with Gasteiger partial charge in [0, 0.05) is 24.7 Å². The average molecular weight is 393 g/mol. The standard InChI is InChI=1S/C22H23N3O4/c26-16-2-1-7-23-19(16)22(27)25-11-15(14-3-4-17-18(10-14)29-12-28-17)21-20(25)13-5-8-24(21)9-6-13/h1-4,7,10,13,15,20-21,26H,5-6,8-9,11-12H2/t15-,20+,21+/m1/s1. The Morgan fingerprint density at radius 2 is 1.93 bits per heavy atom. The molecule has 5 aliphatic rings. The Kier molecular flexibility index (Phi) is 3.74. The van der Waals surface area contributed by atoms with Gasteiger partial charge < -0.3 is 19.5 Å². The lowest BCUT2D eigenvalue weighted by Crippen LogP contribution is -2.60. The second kappa shape index (κ2) is 6.35. The molecule has 7 nitrogen and oxygen atoms in total. The van der Waals surface area contributed by atoms with Crippen molar-refractivity contribution in [3.8, 4) is 17.2 Å². The van der Waals surface area contributed by atoms with E-state index in [1.165, 1.54) is 11.6 Å². The zero-order valence-corrected chi connectivity index (χ0v) is 16.0. The number of ether oxygens (including phenoxy) is 2. The van der Waals surface area contributed by atoms with Gasteiger partial charge in [-0.05, 0) is 61.7 Å². The second-order valence-corrected chi connectivity index (χ2v) is 8.40. The van der Waals surface area contributed by atoms with E-state index in [2.05, 4.69) is 22.0 Å². The predicted molar refractivity (Wildman–Crippen MR) is 104 cm³/mol. The van der Waals surface area contributed by atoms with Crippen LogP contribution in [0.2, 0.25) is 0 Å². The summed E-state index contributed by atoms with van der Waals surface area (Å²) in [5.74, 6) is 2.03. The van der Waals surface area contributed by atoms with Crippen LogP contribution in [0.1, 0.15) is 34.8 Å². The molecule has 0 unspecified atom stereocenters. The van der Waals surface area contributed by atoms with Crippen molar-refractivity contribution in [3.63, 3.8) is 0 Å². The minimum Gasteiger partial charge on any atom is -0.505 e. The van der Waals surface area contributed by atoms with Crippen molar-refractivity contribution in [2.24, 2.45) is 5.92 Å². The maximum atomic E-state index is 13.4. The third-order valence-electron chi connectivity index (χ3n) is 7.07. The van der Waals surface area contributed by atoms with Crippen LogP contribution in [0.5, 0.6) is 17.2 Å². The van der Waals surface area contributed by atoms with Gasteiger partial charge in [-0.2, -0.15) is 0 Å². The second-order valence-electron chi connectivity index (χ2n) is 8.40. The number of rotatable bonds is 2. The molecule has 4 saturated heterocycles. The van der Waals surface area contributed by atoms with Gasteiger partial charge in [-0.3, -0.25) is 9.69 Å². The first-order valence-electron chi connectivity index (χ1n) is 10.3. The van der Waals surface area contributed by atoms with Crippen molar-refractivity contribution < 1.29 is 19.4 Å². The lowest BCUT2D eigenvalue weighted by molar-refractivity contribution is -0.00367. The summed E-state index contributed by atoms with van der Waals surface area (Å²) in [6, 6.07) is 9.75. The van der Waals surface area contributed by atoms with E-state index in [9.17, 15) is 9.90 Å². The fourth-order valence-corrected chi connectivity index (χ4v) is 5.79. The number of benzene rings is 1. The molecule has 7 rings (SSSR count). The van der Waals surface area contributed by atoms with Gasteiger partial charge in [-0.15, -0.1) is 0 Å². The van der Waals surface area contributed by atoms with E-state index in [0.29, 0.717) is 12.5 Å². The highest BCUT2D eigenvalue weighted by atomic mass is 16.7. The van der Waals surface area contributed by atoms with Crippen molar-refractivity contribution in [1.82, 2.24) is 14.8 Å². The molecule has 1 aromatic carbocycles. The third kappa shape index (κ3) is 2.53. The van der Waals surface area contributed by atoms with Crippen LogP contribution >= 0.6 is 0 Å². The summed E-state index contributed by atoms with van der Waals surface area (Å²) < 4.78 is 11.1. The van der Waals surface area contributed by atoms with Gasteiger partial charge in [0.25, 0.3) is 5.91 Å².